The maximum absolute atomic E-state index is 13.3. The fourth-order valence-corrected chi connectivity index (χ4v) is 3.94. The highest BCUT2D eigenvalue weighted by Gasteiger charge is 2.35. The van der Waals surface area contributed by atoms with E-state index in [-0.39, 0.29) is 5.95 Å². The van der Waals surface area contributed by atoms with Crippen LogP contribution in [-0.4, -0.2) is 61.7 Å². The van der Waals surface area contributed by atoms with E-state index in [0.717, 1.165) is 51.0 Å². The summed E-state index contributed by atoms with van der Waals surface area (Å²) in [7, 11) is 3.39. The third-order valence-corrected chi connectivity index (χ3v) is 5.64. The second-order valence-electron chi connectivity index (χ2n) is 8.24. The van der Waals surface area contributed by atoms with Gasteiger partial charge in [0.25, 0.3) is 0 Å². The fourth-order valence-electron chi connectivity index (χ4n) is 3.94. The van der Waals surface area contributed by atoms with E-state index in [2.05, 4.69) is 21.8 Å². The lowest BCUT2D eigenvalue weighted by molar-refractivity contribution is -0.141. The Hall–Kier alpha value is -1.57. The lowest BCUT2D eigenvalue weighted by Gasteiger charge is -2.38. The first-order valence-corrected chi connectivity index (χ1v) is 9.83. The Labute approximate surface area is 159 Å². The van der Waals surface area contributed by atoms with Crippen LogP contribution in [0.4, 0.5) is 24.9 Å². The van der Waals surface area contributed by atoms with Crippen molar-refractivity contribution >= 4 is 11.8 Å². The molecule has 2 saturated heterocycles. The van der Waals surface area contributed by atoms with Crippen LogP contribution >= 0.6 is 0 Å². The van der Waals surface area contributed by atoms with Crippen LogP contribution in [0.5, 0.6) is 0 Å². The van der Waals surface area contributed by atoms with Crippen LogP contribution in [0.3, 0.4) is 0 Å². The van der Waals surface area contributed by atoms with Crippen molar-refractivity contribution in [2.75, 3.05) is 56.6 Å². The summed E-state index contributed by atoms with van der Waals surface area (Å²) in [6.45, 7) is 7.00. The number of likely N-dealkylation sites (tertiary alicyclic amines) is 1. The largest absolute Gasteiger partial charge is 0.433 e. The molecule has 0 saturated carbocycles. The predicted octanol–water partition coefficient (Wildman–Crippen LogP) is 3.51. The maximum Gasteiger partial charge on any atom is 0.433 e. The summed E-state index contributed by atoms with van der Waals surface area (Å²) in [6, 6.07) is 1.01. The van der Waals surface area contributed by atoms with Crippen molar-refractivity contribution in [3.05, 3.63) is 11.8 Å². The van der Waals surface area contributed by atoms with E-state index in [9.17, 15) is 13.2 Å². The molecule has 1 atom stereocenters. The van der Waals surface area contributed by atoms with Crippen molar-refractivity contribution in [3.8, 4) is 0 Å². The molecule has 0 radical (unpaired) electrons. The highest BCUT2D eigenvalue weighted by Crippen LogP contribution is 2.32. The second kappa shape index (κ2) is 8.20. The molecule has 152 valence electrons. The van der Waals surface area contributed by atoms with E-state index in [1.807, 2.05) is 4.90 Å². The Morgan fingerprint density at radius 1 is 1.11 bits per heavy atom. The van der Waals surface area contributed by atoms with Crippen LogP contribution in [-0.2, 0) is 6.18 Å². The van der Waals surface area contributed by atoms with Gasteiger partial charge in [-0.05, 0) is 50.6 Å². The fraction of sp³-hybridized carbons (Fsp3) is 0.789. The summed E-state index contributed by atoms with van der Waals surface area (Å²) in [5.74, 6) is 1.74. The number of halogens is 3. The molecule has 3 rings (SSSR count). The summed E-state index contributed by atoms with van der Waals surface area (Å²) in [5.41, 5.74) is -0.872. The van der Waals surface area contributed by atoms with Gasteiger partial charge in [-0.3, -0.25) is 0 Å². The average molecular weight is 385 g/mol. The van der Waals surface area contributed by atoms with Gasteiger partial charge in [-0.25, -0.2) is 4.98 Å². The van der Waals surface area contributed by atoms with Gasteiger partial charge in [0, 0.05) is 39.8 Å². The van der Waals surface area contributed by atoms with Crippen LogP contribution in [0.1, 0.15) is 38.3 Å². The summed E-state index contributed by atoms with van der Waals surface area (Å²) < 4.78 is 39.8. The molecular weight excluding hydrogens is 355 g/mol. The maximum atomic E-state index is 13.3. The van der Waals surface area contributed by atoms with Gasteiger partial charge in [-0.15, -0.1) is 0 Å². The van der Waals surface area contributed by atoms with Crippen LogP contribution in [0, 0.1) is 11.8 Å². The molecule has 0 bridgehead atoms. The van der Waals surface area contributed by atoms with Gasteiger partial charge in [-0.1, -0.05) is 6.92 Å². The molecular formula is C19H30F3N5. The first-order chi connectivity index (χ1) is 12.7. The molecule has 1 aromatic heterocycles. The van der Waals surface area contributed by atoms with Crippen molar-refractivity contribution in [1.82, 2.24) is 14.9 Å². The van der Waals surface area contributed by atoms with Crippen molar-refractivity contribution < 1.29 is 13.2 Å². The average Bonchev–Trinajstić information content (AvgIpc) is 2.63. The molecule has 3 heterocycles. The van der Waals surface area contributed by atoms with E-state index in [0.29, 0.717) is 18.3 Å². The molecule has 1 aromatic rings. The van der Waals surface area contributed by atoms with Crippen molar-refractivity contribution in [2.45, 2.75) is 38.8 Å². The Kier molecular flexibility index (Phi) is 6.13. The van der Waals surface area contributed by atoms with E-state index >= 15 is 0 Å². The smallest absolute Gasteiger partial charge is 0.363 e. The van der Waals surface area contributed by atoms with Crippen molar-refractivity contribution in [1.29, 1.82) is 0 Å². The van der Waals surface area contributed by atoms with Gasteiger partial charge >= 0.3 is 6.18 Å². The topological polar surface area (TPSA) is 35.5 Å². The van der Waals surface area contributed by atoms with Crippen LogP contribution in [0.15, 0.2) is 6.07 Å². The van der Waals surface area contributed by atoms with E-state index in [1.54, 1.807) is 19.0 Å². The van der Waals surface area contributed by atoms with Crippen LogP contribution < -0.4 is 9.80 Å². The molecule has 1 unspecified atom stereocenters. The number of piperidine rings is 2. The van der Waals surface area contributed by atoms with E-state index in [1.165, 1.54) is 12.8 Å². The zero-order valence-electron chi connectivity index (χ0n) is 16.5. The van der Waals surface area contributed by atoms with E-state index < -0.39 is 11.9 Å². The van der Waals surface area contributed by atoms with Gasteiger partial charge in [0.05, 0.1) is 0 Å². The van der Waals surface area contributed by atoms with Crippen molar-refractivity contribution in [3.63, 3.8) is 0 Å². The molecule has 2 fully saturated rings. The van der Waals surface area contributed by atoms with Crippen molar-refractivity contribution in [2.24, 2.45) is 11.8 Å². The number of anilines is 2. The number of hydrogen-bond acceptors (Lipinski definition) is 5. The summed E-state index contributed by atoms with van der Waals surface area (Å²) >= 11 is 0. The second-order valence-corrected chi connectivity index (χ2v) is 8.24. The normalized spacial score (nSPS) is 22.9. The zero-order valence-corrected chi connectivity index (χ0v) is 16.5. The number of hydrogen-bond donors (Lipinski definition) is 0. The quantitative estimate of drug-likeness (QED) is 0.793. The Bertz CT molecular complexity index is 626. The summed E-state index contributed by atoms with van der Waals surface area (Å²) in [6.07, 6.45) is 0.0781. The molecule has 0 spiro atoms. The predicted molar refractivity (Wildman–Crippen MR) is 101 cm³/mol. The third-order valence-electron chi connectivity index (χ3n) is 5.64. The van der Waals surface area contributed by atoms with Crippen LogP contribution in [0.2, 0.25) is 0 Å². The lowest BCUT2D eigenvalue weighted by Crippen LogP contribution is -2.44. The minimum Gasteiger partial charge on any atom is -0.363 e. The van der Waals surface area contributed by atoms with Gasteiger partial charge in [0.1, 0.15) is 5.82 Å². The van der Waals surface area contributed by atoms with Gasteiger partial charge in [0.15, 0.2) is 5.69 Å². The molecule has 0 aliphatic carbocycles. The number of nitrogens with zero attached hydrogens (tertiary/aromatic N) is 5. The highest BCUT2D eigenvalue weighted by atomic mass is 19.4. The molecule has 0 aromatic carbocycles. The highest BCUT2D eigenvalue weighted by molar-refractivity contribution is 5.45. The molecule has 0 amide bonds. The first kappa shape index (κ1) is 20.2. The third kappa shape index (κ3) is 5.24. The monoisotopic (exact) mass is 385 g/mol. The summed E-state index contributed by atoms with van der Waals surface area (Å²) in [5, 5.41) is 0. The number of aromatic nitrogens is 2. The number of rotatable bonds is 4. The Morgan fingerprint density at radius 3 is 2.44 bits per heavy atom. The van der Waals surface area contributed by atoms with Gasteiger partial charge in [0.2, 0.25) is 5.95 Å². The molecule has 5 nitrogen and oxygen atoms in total. The minimum absolute atomic E-state index is 0.200. The summed E-state index contributed by atoms with van der Waals surface area (Å²) in [4.78, 5) is 14.3. The molecule has 8 heteroatoms. The Morgan fingerprint density at radius 2 is 1.81 bits per heavy atom. The molecule has 27 heavy (non-hydrogen) atoms. The van der Waals surface area contributed by atoms with Crippen LogP contribution in [0.25, 0.3) is 0 Å². The molecule has 2 aliphatic heterocycles. The van der Waals surface area contributed by atoms with E-state index in [4.69, 9.17) is 0 Å². The van der Waals surface area contributed by atoms with Gasteiger partial charge < -0.3 is 14.7 Å². The Balaban J connectivity index is 1.72. The minimum atomic E-state index is -4.47. The first-order valence-electron chi connectivity index (χ1n) is 9.83. The SMILES string of the molecule is CC1CCN(CC2CCCN(c3nc(N(C)C)cc(C(F)(F)F)n3)C2)CC1. The molecule has 2 aliphatic rings. The lowest BCUT2D eigenvalue weighted by atomic mass is 9.94. The number of alkyl halides is 3. The van der Waals surface area contributed by atoms with Gasteiger partial charge in [-0.2, -0.15) is 18.2 Å². The standard InChI is InChI=1S/C19H30F3N5/c1-14-6-9-26(10-7-14)12-15-5-4-8-27(13-15)18-23-16(19(20,21)22)11-17(24-18)25(2)3/h11,14-15H,4-10,12-13H2,1-3H3. The molecule has 0 N–H and O–H groups in total. The zero-order chi connectivity index (χ0) is 19.6.